The van der Waals surface area contributed by atoms with Gasteiger partial charge in [0.25, 0.3) is 12.1 Å². The molecule has 12 nitrogen and oxygen atoms in total. The number of aromatic nitrogens is 1. The summed E-state index contributed by atoms with van der Waals surface area (Å²) in [6, 6.07) is 3.02. The summed E-state index contributed by atoms with van der Waals surface area (Å²) in [6.07, 6.45) is -2.13. The van der Waals surface area contributed by atoms with E-state index in [-0.39, 0.29) is 40.5 Å². The predicted octanol–water partition coefficient (Wildman–Crippen LogP) is 2.46. The number of ether oxygens (including phenoxy) is 1. The Balaban J connectivity index is 2.04. The van der Waals surface area contributed by atoms with Crippen LogP contribution in [-0.4, -0.2) is 76.0 Å². The first-order valence-electron chi connectivity index (χ1n) is 12.6. The number of carbonyl (C=O) groups excluding carboxylic acids is 3. The van der Waals surface area contributed by atoms with Gasteiger partial charge in [0, 0.05) is 28.4 Å². The molecule has 1 aliphatic heterocycles. The van der Waals surface area contributed by atoms with E-state index < -0.39 is 55.7 Å². The Hall–Kier alpha value is -1.35. The second-order valence-electron chi connectivity index (χ2n) is 11.1. The van der Waals surface area contributed by atoms with E-state index in [0.717, 1.165) is 23.5 Å². The second-order valence-corrected chi connectivity index (χ2v) is 14.9. The Labute approximate surface area is 243 Å². The molecule has 0 radical (unpaired) electrons. The van der Waals surface area contributed by atoms with Crippen molar-refractivity contribution < 1.29 is 52.0 Å². The van der Waals surface area contributed by atoms with E-state index in [9.17, 15) is 29.2 Å². The van der Waals surface area contributed by atoms with Gasteiger partial charge in [0.1, 0.15) is 17.8 Å². The maximum Gasteiger partial charge on any atom is 0.474 e. The molecule has 15 heteroatoms. The molecule has 1 aliphatic rings. The van der Waals surface area contributed by atoms with Gasteiger partial charge in [0.2, 0.25) is 0 Å². The van der Waals surface area contributed by atoms with Crippen LogP contribution in [0.25, 0.3) is 0 Å². The quantitative estimate of drug-likeness (QED) is 0.167. The minimum atomic E-state index is -4.22. The molecule has 0 aliphatic carbocycles. The normalized spacial score (nSPS) is 21.9. The van der Waals surface area contributed by atoms with E-state index in [0.29, 0.717) is 0 Å². The number of aliphatic hydroxyl groups excluding tert-OH is 2. The first kappa shape index (κ1) is 34.8. The van der Waals surface area contributed by atoms with E-state index >= 15 is 0 Å². The van der Waals surface area contributed by atoms with Crippen molar-refractivity contribution in [3.63, 3.8) is 0 Å². The Morgan fingerprint density at radius 1 is 0.975 bits per heavy atom. The maximum atomic E-state index is 13.4. The molecule has 0 bridgehead atoms. The number of carbonyl (C=O) groups is 3. The molecule has 226 valence electrons. The topological polar surface area (TPSA) is 176 Å². The van der Waals surface area contributed by atoms with Crippen LogP contribution < -0.4 is 10.3 Å². The van der Waals surface area contributed by atoms with Gasteiger partial charge in [-0.2, -0.15) is 4.57 Å². The lowest BCUT2D eigenvalue weighted by Gasteiger charge is -2.21. The van der Waals surface area contributed by atoms with Crippen LogP contribution in [0.5, 0.6) is 0 Å². The highest BCUT2D eigenvalue weighted by atomic mass is 32.2. The number of rotatable bonds is 13. The number of phosphoric acid groups is 1. The van der Waals surface area contributed by atoms with Crippen LogP contribution in [-0.2, 0) is 32.5 Å². The number of hydrogen-bond donors (Lipinski definition) is 3. The summed E-state index contributed by atoms with van der Waals surface area (Å²) in [5, 5.41) is 21.0. The molecule has 0 spiro atoms. The molecular formula is C25H40N2O10PS2+. The molecule has 2 rings (SSSR count). The third-order valence-electron chi connectivity index (χ3n) is 5.49. The number of pyridine rings is 1. The SMILES string of the molecule is CC(C)(C)C(=O)SCCOP(=O)(OCCSC(=O)C(C)(C)C)OCC1OC([n+]2cccc(C(N)=O)c2)C(O)C1O. The zero-order chi connectivity index (χ0) is 30.3. The minimum absolute atomic E-state index is 0.0646. The van der Waals surface area contributed by atoms with Crippen LogP contribution >= 0.6 is 31.3 Å². The van der Waals surface area contributed by atoms with Crippen LogP contribution in [0.3, 0.4) is 0 Å². The van der Waals surface area contributed by atoms with Gasteiger partial charge in [-0.25, -0.2) is 4.57 Å². The van der Waals surface area contributed by atoms with Gasteiger partial charge in [-0.1, -0.05) is 65.1 Å². The Morgan fingerprint density at radius 2 is 1.50 bits per heavy atom. The van der Waals surface area contributed by atoms with E-state index in [1.165, 1.54) is 29.1 Å². The molecule has 4 unspecified atom stereocenters. The number of aliphatic hydroxyl groups is 2. The van der Waals surface area contributed by atoms with Gasteiger partial charge in [-0.15, -0.1) is 0 Å². The average Bonchev–Trinajstić information content (AvgIpc) is 3.15. The number of nitrogens with zero attached hydrogens (tertiary/aromatic N) is 1. The van der Waals surface area contributed by atoms with Gasteiger partial charge in [-0.3, -0.25) is 28.0 Å². The summed E-state index contributed by atoms with van der Waals surface area (Å²) in [5.74, 6) is -0.289. The molecule has 1 fully saturated rings. The Bertz CT molecular complexity index is 1050. The summed E-state index contributed by atoms with van der Waals surface area (Å²) in [5.41, 5.74) is 4.38. The highest BCUT2D eigenvalue weighted by molar-refractivity contribution is 8.14. The van der Waals surface area contributed by atoms with Gasteiger partial charge in [-0.05, 0) is 6.07 Å². The smallest absolute Gasteiger partial charge is 0.387 e. The van der Waals surface area contributed by atoms with Crippen LogP contribution in [0.15, 0.2) is 24.5 Å². The van der Waals surface area contributed by atoms with Crippen LogP contribution in [0.2, 0.25) is 0 Å². The lowest BCUT2D eigenvalue weighted by atomic mass is 9.99. The zero-order valence-corrected chi connectivity index (χ0v) is 26.1. The van der Waals surface area contributed by atoms with Crippen LogP contribution in [0, 0.1) is 10.8 Å². The molecule has 40 heavy (non-hydrogen) atoms. The highest BCUT2D eigenvalue weighted by Crippen LogP contribution is 2.50. The van der Waals surface area contributed by atoms with Gasteiger partial charge < -0.3 is 20.7 Å². The van der Waals surface area contributed by atoms with Crippen molar-refractivity contribution in [3.8, 4) is 0 Å². The summed E-state index contributed by atoms with van der Waals surface area (Å²) >= 11 is 2.05. The number of hydrogen-bond acceptors (Lipinski definition) is 12. The first-order valence-corrected chi connectivity index (χ1v) is 16.1. The molecule has 1 aromatic rings. The number of thioether (sulfide) groups is 2. The van der Waals surface area contributed by atoms with Gasteiger partial charge in [0.15, 0.2) is 28.7 Å². The van der Waals surface area contributed by atoms with Gasteiger partial charge >= 0.3 is 7.82 Å². The lowest BCUT2D eigenvalue weighted by Crippen LogP contribution is -2.46. The van der Waals surface area contributed by atoms with Crippen LogP contribution in [0.1, 0.15) is 58.1 Å². The fourth-order valence-electron chi connectivity index (χ4n) is 3.19. The monoisotopic (exact) mass is 623 g/mol. The molecule has 1 saturated heterocycles. The molecule has 1 aromatic heterocycles. The average molecular weight is 624 g/mol. The summed E-state index contributed by atoms with van der Waals surface area (Å²) in [4.78, 5) is 35.8. The van der Waals surface area contributed by atoms with E-state index in [2.05, 4.69) is 0 Å². The van der Waals surface area contributed by atoms with Crippen molar-refractivity contribution in [3.05, 3.63) is 30.1 Å². The predicted molar refractivity (Wildman–Crippen MR) is 150 cm³/mol. The van der Waals surface area contributed by atoms with Crippen molar-refractivity contribution >= 4 is 47.5 Å². The van der Waals surface area contributed by atoms with Gasteiger partial charge in [0.05, 0.1) is 19.8 Å². The fraction of sp³-hybridized carbons (Fsp3) is 0.680. The maximum absolute atomic E-state index is 13.4. The fourth-order valence-corrected chi connectivity index (χ4v) is 6.19. The first-order chi connectivity index (χ1) is 18.4. The van der Waals surface area contributed by atoms with Crippen molar-refractivity contribution in [1.82, 2.24) is 0 Å². The standard InChI is InChI=1S/C25H39N2O10PS2/c1-24(2,3)22(31)39-12-10-34-38(33,35-11-13-40-23(32)25(4,5)6)36-15-17-18(28)19(29)21(37-17)27-9-7-8-16(14-27)20(26)30/h7-9,14,17-19,21,28-29H,10-13,15H2,1-6H3,(H-,26,30)/p+1. The number of primary amides is 1. The summed E-state index contributed by atoms with van der Waals surface area (Å²) in [7, 11) is -4.22. The molecule has 0 saturated carbocycles. The Kier molecular flexibility index (Phi) is 12.8. The van der Waals surface area contributed by atoms with Crippen LogP contribution in [0.4, 0.5) is 0 Å². The third-order valence-corrected chi connectivity index (χ3v) is 9.44. The molecular weight excluding hydrogens is 583 g/mol. The summed E-state index contributed by atoms with van der Waals surface area (Å²) < 4.78 is 36.9. The van der Waals surface area contributed by atoms with Crippen molar-refractivity contribution in [2.45, 2.75) is 66.1 Å². The second kappa shape index (κ2) is 14.7. The third kappa shape index (κ3) is 10.5. The van der Waals surface area contributed by atoms with Crippen molar-refractivity contribution in [2.24, 2.45) is 16.6 Å². The lowest BCUT2D eigenvalue weighted by molar-refractivity contribution is -0.765. The van der Waals surface area contributed by atoms with E-state index in [1.54, 1.807) is 41.5 Å². The number of nitrogens with two attached hydrogens (primary N) is 1. The summed E-state index contributed by atoms with van der Waals surface area (Å²) in [6.45, 7) is 9.98. The van der Waals surface area contributed by atoms with Crippen molar-refractivity contribution in [1.29, 1.82) is 0 Å². The van der Waals surface area contributed by atoms with E-state index in [1.807, 2.05) is 0 Å². The van der Waals surface area contributed by atoms with Crippen molar-refractivity contribution in [2.75, 3.05) is 31.3 Å². The molecule has 4 N–H and O–H groups in total. The molecule has 2 heterocycles. The Morgan fingerprint density at radius 3 is 1.98 bits per heavy atom. The van der Waals surface area contributed by atoms with E-state index in [4.69, 9.17) is 24.0 Å². The molecule has 4 atom stereocenters. The molecule has 0 aromatic carbocycles. The number of phosphoric ester groups is 1. The zero-order valence-electron chi connectivity index (χ0n) is 23.6. The highest BCUT2D eigenvalue weighted by Gasteiger charge is 2.49. The largest absolute Gasteiger partial charge is 0.474 e. The molecule has 1 amide bonds. The number of amides is 1. The minimum Gasteiger partial charge on any atom is -0.387 e.